The van der Waals surface area contributed by atoms with E-state index in [1.54, 1.807) is 6.92 Å². The number of alkyl halides is 3. The Kier molecular flexibility index (Phi) is 3.57. The highest BCUT2D eigenvalue weighted by Gasteiger charge is 2.30. The first-order valence-electron chi connectivity index (χ1n) is 5.63. The van der Waals surface area contributed by atoms with Crippen LogP contribution in [0.1, 0.15) is 18.2 Å². The van der Waals surface area contributed by atoms with Crippen molar-refractivity contribution in [3.05, 3.63) is 41.7 Å². The van der Waals surface area contributed by atoms with Crippen molar-refractivity contribution in [1.29, 1.82) is 0 Å². The smallest absolute Gasteiger partial charge is 0.393 e. The molecule has 0 amide bonds. The van der Waals surface area contributed by atoms with Crippen molar-refractivity contribution in [2.24, 2.45) is 0 Å². The van der Waals surface area contributed by atoms with Crippen molar-refractivity contribution >= 4 is 0 Å². The fraction of sp³-hybridized carbons (Fsp3) is 0.333. The summed E-state index contributed by atoms with van der Waals surface area (Å²) in [5.41, 5.74) is 0.393. The second kappa shape index (κ2) is 5.00. The summed E-state index contributed by atoms with van der Waals surface area (Å²) in [6.45, 7) is 1.62. The molecule has 102 valence electrons. The van der Waals surface area contributed by atoms with Gasteiger partial charge in [0, 0.05) is 6.42 Å². The fourth-order valence-corrected chi connectivity index (χ4v) is 1.71. The van der Waals surface area contributed by atoms with E-state index in [2.05, 4.69) is 10.3 Å². The summed E-state index contributed by atoms with van der Waals surface area (Å²) in [6, 6.07) is 4.62. The Morgan fingerprint density at radius 1 is 1.26 bits per heavy atom. The van der Waals surface area contributed by atoms with Gasteiger partial charge in [-0.3, -0.25) is 0 Å². The molecule has 19 heavy (non-hydrogen) atoms. The second-order valence-corrected chi connectivity index (χ2v) is 4.23. The molecule has 0 aliphatic carbocycles. The molecule has 0 fully saturated rings. The maximum absolute atomic E-state index is 12.4. The Hall–Kier alpha value is -1.89. The third-order valence-corrected chi connectivity index (χ3v) is 2.56. The van der Waals surface area contributed by atoms with E-state index >= 15 is 0 Å². The molecule has 1 aromatic heterocycles. The van der Waals surface area contributed by atoms with Crippen molar-refractivity contribution in [1.82, 2.24) is 15.0 Å². The van der Waals surface area contributed by atoms with Crippen LogP contribution in [0.2, 0.25) is 0 Å². The van der Waals surface area contributed by atoms with Crippen LogP contribution in [-0.4, -0.2) is 26.2 Å². The lowest BCUT2D eigenvalue weighted by Crippen LogP contribution is -2.10. The van der Waals surface area contributed by atoms with Gasteiger partial charge in [0.05, 0.1) is 29.2 Å². The molecule has 0 spiro atoms. The maximum atomic E-state index is 12.4. The Morgan fingerprint density at radius 2 is 1.89 bits per heavy atom. The number of aliphatic hydroxyl groups excluding tert-OH is 1. The zero-order chi connectivity index (χ0) is 14.0. The minimum absolute atomic E-state index is 0.327. The molecule has 1 N–H and O–H groups in total. The summed E-state index contributed by atoms with van der Waals surface area (Å²) in [4.78, 5) is 0. The summed E-state index contributed by atoms with van der Waals surface area (Å²) in [6.07, 6.45) is -3.13. The molecule has 0 aliphatic rings. The van der Waals surface area contributed by atoms with Gasteiger partial charge >= 0.3 is 6.18 Å². The van der Waals surface area contributed by atoms with E-state index in [4.69, 9.17) is 0 Å². The minimum atomic E-state index is -4.36. The number of aromatic nitrogens is 3. The monoisotopic (exact) mass is 271 g/mol. The summed E-state index contributed by atoms with van der Waals surface area (Å²) in [5, 5.41) is 16.8. The zero-order valence-electron chi connectivity index (χ0n) is 10.1. The van der Waals surface area contributed by atoms with Gasteiger partial charge in [0.2, 0.25) is 0 Å². The van der Waals surface area contributed by atoms with Crippen LogP contribution >= 0.6 is 0 Å². The van der Waals surface area contributed by atoms with Gasteiger partial charge in [-0.25, -0.2) is 4.68 Å². The molecule has 1 unspecified atom stereocenters. The summed E-state index contributed by atoms with van der Waals surface area (Å²) in [7, 11) is 0. The molecule has 2 rings (SSSR count). The molecule has 1 heterocycles. The predicted molar refractivity (Wildman–Crippen MR) is 61.7 cm³/mol. The number of benzene rings is 1. The van der Waals surface area contributed by atoms with Crippen molar-refractivity contribution in [2.45, 2.75) is 25.6 Å². The minimum Gasteiger partial charge on any atom is -0.393 e. The normalized spacial score (nSPS) is 13.5. The zero-order valence-corrected chi connectivity index (χ0v) is 10.1. The SMILES string of the molecule is CC(O)Cc1cnnn1-c1ccc(C(F)(F)F)cc1. The van der Waals surface area contributed by atoms with Gasteiger partial charge in [-0.2, -0.15) is 13.2 Å². The molecule has 4 nitrogen and oxygen atoms in total. The number of halogens is 3. The van der Waals surface area contributed by atoms with Gasteiger partial charge < -0.3 is 5.11 Å². The Labute approximate surface area is 107 Å². The molecule has 1 atom stereocenters. The van der Waals surface area contributed by atoms with E-state index in [-0.39, 0.29) is 0 Å². The van der Waals surface area contributed by atoms with Crippen LogP contribution in [0.25, 0.3) is 5.69 Å². The summed E-state index contributed by atoms with van der Waals surface area (Å²) in [5.74, 6) is 0. The summed E-state index contributed by atoms with van der Waals surface area (Å²) >= 11 is 0. The van der Waals surface area contributed by atoms with Gasteiger partial charge in [-0.15, -0.1) is 5.10 Å². The van der Waals surface area contributed by atoms with Crippen LogP contribution in [0.3, 0.4) is 0 Å². The fourth-order valence-electron chi connectivity index (χ4n) is 1.71. The molecule has 1 aromatic carbocycles. The molecule has 0 saturated heterocycles. The first-order chi connectivity index (χ1) is 8.88. The van der Waals surface area contributed by atoms with Crippen LogP contribution in [0.4, 0.5) is 13.2 Å². The van der Waals surface area contributed by atoms with Crippen LogP contribution in [-0.2, 0) is 12.6 Å². The highest BCUT2D eigenvalue weighted by atomic mass is 19.4. The van der Waals surface area contributed by atoms with Crippen molar-refractivity contribution in [3.63, 3.8) is 0 Å². The second-order valence-electron chi connectivity index (χ2n) is 4.23. The molecule has 0 saturated carbocycles. The highest BCUT2D eigenvalue weighted by Crippen LogP contribution is 2.29. The van der Waals surface area contributed by atoms with Crippen LogP contribution < -0.4 is 0 Å². The Bertz CT molecular complexity index is 546. The quantitative estimate of drug-likeness (QED) is 0.931. The van der Waals surface area contributed by atoms with E-state index in [9.17, 15) is 18.3 Å². The molecule has 2 aromatic rings. The van der Waals surface area contributed by atoms with Gasteiger partial charge in [-0.05, 0) is 31.2 Å². The van der Waals surface area contributed by atoms with Crippen molar-refractivity contribution in [3.8, 4) is 5.69 Å². The predicted octanol–water partition coefficient (Wildman–Crippen LogP) is 2.21. The van der Waals surface area contributed by atoms with Gasteiger partial charge in [0.25, 0.3) is 0 Å². The average molecular weight is 271 g/mol. The third kappa shape index (κ3) is 3.11. The molecule has 7 heteroatoms. The average Bonchev–Trinajstić information content (AvgIpc) is 2.75. The van der Waals surface area contributed by atoms with Crippen LogP contribution in [0.15, 0.2) is 30.5 Å². The first-order valence-corrected chi connectivity index (χ1v) is 5.63. The Morgan fingerprint density at radius 3 is 2.42 bits per heavy atom. The molecular formula is C12H12F3N3O. The number of aliphatic hydroxyl groups is 1. The van der Waals surface area contributed by atoms with E-state index in [0.29, 0.717) is 17.8 Å². The lowest BCUT2D eigenvalue weighted by Gasteiger charge is -2.10. The number of nitrogens with zero attached hydrogens (tertiary/aromatic N) is 3. The van der Waals surface area contributed by atoms with Gasteiger partial charge in [0.15, 0.2) is 0 Å². The number of hydrogen-bond donors (Lipinski definition) is 1. The summed E-state index contributed by atoms with van der Waals surface area (Å²) < 4.78 is 38.7. The molecular weight excluding hydrogens is 259 g/mol. The van der Waals surface area contributed by atoms with E-state index in [0.717, 1.165) is 12.1 Å². The van der Waals surface area contributed by atoms with Crippen molar-refractivity contribution in [2.75, 3.05) is 0 Å². The van der Waals surface area contributed by atoms with E-state index in [1.807, 2.05) is 0 Å². The highest BCUT2D eigenvalue weighted by molar-refractivity contribution is 5.36. The Balaban J connectivity index is 2.30. The van der Waals surface area contributed by atoms with E-state index in [1.165, 1.54) is 23.0 Å². The molecule has 0 radical (unpaired) electrons. The largest absolute Gasteiger partial charge is 0.416 e. The molecule has 0 aliphatic heterocycles. The maximum Gasteiger partial charge on any atom is 0.416 e. The number of hydrogen-bond acceptors (Lipinski definition) is 3. The standard InChI is InChI=1S/C12H12F3N3O/c1-8(19)6-11-7-16-17-18(11)10-4-2-9(3-5-10)12(13,14)15/h2-5,7-8,19H,6H2,1H3. The topological polar surface area (TPSA) is 50.9 Å². The molecule has 0 bridgehead atoms. The van der Waals surface area contributed by atoms with E-state index < -0.39 is 17.8 Å². The van der Waals surface area contributed by atoms with Gasteiger partial charge in [-0.1, -0.05) is 5.21 Å². The lowest BCUT2D eigenvalue weighted by atomic mass is 10.2. The van der Waals surface area contributed by atoms with Crippen molar-refractivity contribution < 1.29 is 18.3 Å². The van der Waals surface area contributed by atoms with Gasteiger partial charge in [0.1, 0.15) is 0 Å². The van der Waals surface area contributed by atoms with Crippen LogP contribution in [0, 0.1) is 0 Å². The third-order valence-electron chi connectivity index (χ3n) is 2.56. The lowest BCUT2D eigenvalue weighted by molar-refractivity contribution is -0.137. The number of rotatable bonds is 3. The van der Waals surface area contributed by atoms with Crippen LogP contribution in [0.5, 0.6) is 0 Å². The first kappa shape index (κ1) is 13.5.